The van der Waals surface area contributed by atoms with E-state index in [9.17, 15) is 4.79 Å². The van der Waals surface area contributed by atoms with Gasteiger partial charge in [-0.1, -0.05) is 0 Å². The summed E-state index contributed by atoms with van der Waals surface area (Å²) in [5.41, 5.74) is 1.73. The molecule has 1 amide bonds. The molecule has 0 saturated heterocycles. The van der Waals surface area contributed by atoms with Crippen molar-refractivity contribution in [2.75, 3.05) is 5.32 Å². The van der Waals surface area contributed by atoms with Gasteiger partial charge in [-0.15, -0.1) is 11.3 Å². The van der Waals surface area contributed by atoms with E-state index in [0.717, 1.165) is 35.6 Å². The molecule has 104 valence electrons. The molecule has 0 radical (unpaired) electrons. The number of aryl methyl sites for hydroxylation is 1. The van der Waals surface area contributed by atoms with Gasteiger partial charge in [0.2, 0.25) is 0 Å². The molecule has 1 aromatic heterocycles. The summed E-state index contributed by atoms with van der Waals surface area (Å²) in [5, 5.41) is 7.39. The number of rotatable bonds is 5. The molecular formula is C15H17N3OS. The minimum atomic E-state index is 0.0251. The third-order valence-electron chi connectivity index (χ3n) is 3.20. The standard InChI is InChI=1S/C15H17N3OS/c1-10-16-8-14(20-10)9-17-12-4-2-11(3-5-12)15(19)18-13-6-7-13/h2-5,8,13,17H,6-7,9H2,1H3,(H,18,19). The number of carbonyl (C=O) groups excluding carboxylic acids is 1. The van der Waals surface area contributed by atoms with Crippen LogP contribution in [-0.2, 0) is 6.54 Å². The SMILES string of the molecule is Cc1ncc(CNc2ccc(C(=O)NC3CC3)cc2)s1. The topological polar surface area (TPSA) is 54.0 Å². The number of carbonyl (C=O) groups is 1. The van der Waals surface area contributed by atoms with Crippen LogP contribution in [0.5, 0.6) is 0 Å². The quantitative estimate of drug-likeness (QED) is 0.889. The molecule has 0 bridgehead atoms. The van der Waals surface area contributed by atoms with Crippen LogP contribution in [0, 0.1) is 6.92 Å². The van der Waals surface area contributed by atoms with E-state index in [4.69, 9.17) is 0 Å². The number of benzene rings is 1. The zero-order valence-corrected chi connectivity index (χ0v) is 12.2. The molecule has 3 rings (SSSR count). The van der Waals surface area contributed by atoms with Gasteiger partial charge in [0.15, 0.2) is 0 Å². The Hall–Kier alpha value is -1.88. The number of nitrogens with zero attached hydrogens (tertiary/aromatic N) is 1. The lowest BCUT2D eigenvalue weighted by atomic mass is 10.2. The summed E-state index contributed by atoms with van der Waals surface area (Å²) in [5.74, 6) is 0.0251. The minimum absolute atomic E-state index is 0.0251. The van der Waals surface area contributed by atoms with Gasteiger partial charge >= 0.3 is 0 Å². The van der Waals surface area contributed by atoms with Crippen molar-refractivity contribution in [3.05, 3.63) is 45.9 Å². The molecule has 1 aliphatic carbocycles. The summed E-state index contributed by atoms with van der Waals surface area (Å²) in [4.78, 5) is 17.3. The summed E-state index contributed by atoms with van der Waals surface area (Å²) in [6.45, 7) is 2.76. The van der Waals surface area contributed by atoms with E-state index in [1.807, 2.05) is 37.4 Å². The van der Waals surface area contributed by atoms with E-state index in [-0.39, 0.29) is 5.91 Å². The second-order valence-electron chi connectivity index (χ2n) is 5.02. The summed E-state index contributed by atoms with van der Waals surface area (Å²) < 4.78 is 0. The predicted molar refractivity (Wildman–Crippen MR) is 81.1 cm³/mol. The van der Waals surface area contributed by atoms with Crippen LogP contribution in [0.25, 0.3) is 0 Å². The molecule has 20 heavy (non-hydrogen) atoms. The summed E-state index contributed by atoms with van der Waals surface area (Å²) >= 11 is 1.69. The van der Waals surface area contributed by atoms with Crippen molar-refractivity contribution >= 4 is 22.9 Å². The second-order valence-corrected chi connectivity index (χ2v) is 6.34. The van der Waals surface area contributed by atoms with Crippen LogP contribution < -0.4 is 10.6 Å². The van der Waals surface area contributed by atoms with E-state index in [1.165, 1.54) is 4.88 Å². The lowest BCUT2D eigenvalue weighted by Crippen LogP contribution is -2.25. The predicted octanol–water partition coefficient (Wildman–Crippen LogP) is 2.96. The maximum atomic E-state index is 11.9. The lowest BCUT2D eigenvalue weighted by Gasteiger charge is -2.06. The first-order valence-corrected chi connectivity index (χ1v) is 7.58. The summed E-state index contributed by atoms with van der Waals surface area (Å²) in [7, 11) is 0. The van der Waals surface area contributed by atoms with Gasteiger partial charge < -0.3 is 10.6 Å². The van der Waals surface area contributed by atoms with Crippen molar-refractivity contribution in [1.82, 2.24) is 10.3 Å². The van der Waals surface area contributed by atoms with E-state index in [0.29, 0.717) is 6.04 Å². The molecule has 5 heteroatoms. The van der Waals surface area contributed by atoms with Crippen LogP contribution in [0.1, 0.15) is 33.1 Å². The molecule has 1 saturated carbocycles. The molecule has 2 N–H and O–H groups in total. The first kappa shape index (κ1) is 13.1. The molecule has 1 aliphatic rings. The maximum Gasteiger partial charge on any atom is 0.251 e. The van der Waals surface area contributed by atoms with Crippen LogP contribution in [-0.4, -0.2) is 16.9 Å². The highest BCUT2D eigenvalue weighted by Gasteiger charge is 2.23. The zero-order valence-electron chi connectivity index (χ0n) is 11.3. The Morgan fingerprint density at radius 1 is 1.35 bits per heavy atom. The lowest BCUT2D eigenvalue weighted by molar-refractivity contribution is 0.0951. The molecule has 0 aliphatic heterocycles. The van der Waals surface area contributed by atoms with Gasteiger partial charge in [0, 0.05) is 28.4 Å². The number of aromatic nitrogens is 1. The molecule has 0 spiro atoms. The van der Waals surface area contributed by atoms with Crippen molar-refractivity contribution < 1.29 is 4.79 Å². The number of nitrogens with one attached hydrogen (secondary N) is 2. The summed E-state index contributed by atoms with van der Waals surface area (Å²) in [6, 6.07) is 8.00. The first-order chi connectivity index (χ1) is 9.70. The Balaban J connectivity index is 1.56. The smallest absolute Gasteiger partial charge is 0.251 e. The highest BCUT2D eigenvalue weighted by atomic mass is 32.1. The fourth-order valence-corrected chi connectivity index (χ4v) is 2.65. The minimum Gasteiger partial charge on any atom is -0.380 e. The molecule has 0 atom stereocenters. The van der Waals surface area contributed by atoms with E-state index >= 15 is 0 Å². The number of hydrogen-bond donors (Lipinski definition) is 2. The van der Waals surface area contributed by atoms with Gasteiger partial charge in [0.1, 0.15) is 0 Å². The fraction of sp³-hybridized carbons (Fsp3) is 0.333. The van der Waals surface area contributed by atoms with Gasteiger partial charge in [-0.05, 0) is 44.0 Å². The van der Waals surface area contributed by atoms with Gasteiger partial charge in [-0.2, -0.15) is 0 Å². The van der Waals surface area contributed by atoms with Crippen molar-refractivity contribution in [2.45, 2.75) is 32.4 Å². The van der Waals surface area contributed by atoms with Gasteiger partial charge in [0.05, 0.1) is 11.6 Å². The fourth-order valence-electron chi connectivity index (χ4n) is 1.91. The van der Waals surface area contributed by atoms with Crippen LogP contribution >= 0.6 is 11.3 Å². The Kier molecular flexibility index (Phi) is 3.69. The number of amides is 1. The Bertz CT molecular complexity index is 602. The van der Waals surface area contributed by atoms with Crippen LogP contribution in [0.3, 0.4) is 0 Å². The zero-order chi connectivity index (χ0) is 13.9. The molecule has 0 unspecified atom stereocenters. The van der Waals surface area contributed by atoms with Crippen molar-refractivity contribution in [1.29, 1.82) is 0 Å². The maximum absolute atomic E-state index is 11.9. The van der Waals surface area contributed by atoms with Crippen LogP contribution in [0.2, 0.25) is 0 Å². The Labute approximate surface area is 122 Å². The van der Waals surface area contributed by atoms with Crippen LogP contribution in [0.4, 0.5) is 5.69 Å². The Morgan fingerprint density at radius 2 is 2.10 bits per heavy atom. The van der Waals surface area contributed by atoms with Crippen molar-refractivity contribution in [2.24, 2.45) is 0 Å². The number of hydrogen-bond acceptors (Lipinski definition) is 4. The highest BCUT2D eigenvalue weighted by molar-refractivity contribution is 7.11. The largest absolute Gasteiger partial charge is 0.380 e. The Morgan fingerprint density at radius 3 is 2.70 bits per heavy atom. The third-order valence-corrected chi connectivity index (χ3v) is 4.11. The van der Waals surface area contributed by atoms with E-state index < -0.39 is 0 Å². The molecule has 4 nitrogen and oxygen atoms in total. The van der Waals surface area contributed by atoms with Gasteiger partial charge in [-0.3, -0.25) is 4.79 Å². The molecule has 1 heterocycles. The van der Waals surface area contributed by atoms with Gasteiger partial charge in [0.25, 0.3) is 5.91 Å². The monoisotopic (exact) mass is 287 g/mol. The molecule has 2 aromatic rings. The van der Waals surface area contributed by atoms with E-state index in [2.05, 4.69) is 15.6 Å². The average molecular weight is 287 g/mol. The highest BCUT2D eigenvalue weighted by Crippen LogP contribution is 2.20. The van der Waals surface area contributed by atoms with Crippen molar-refractivity contribution in [3.8, 4) is 0 Å². The normalized spacial score (nSPS) is 14.1. The van der Waals surface area contributed by atoms with Gasteiger partial charge in [-0.25, -0.2) is 4.98 Å². The number of thiazole rings is 1. The van der Waals surface area contributed by atoms with Crippen LogP contribution in [0.15, 0.2) is 30.5 Å². The second kappa shape index (κ2) is 5.63. The third kappa shape index (κ3) is 3.36. The molecule has 1 fully saturated rings. The van der Waals surface area contributed by atoms with Crippen molar-refractivity contribution in [3.63, 3.8) is 0 Å². The molecule has 1 aromatic carbocycles. The molecular weight excluding hydrogens is 270 g/mol. The summed E-state index contributed by atoms with van der Waals surface area (Å²) in [6.07, 6.45) is 4.11. The van der Waals surface area contributed by atoms with E-state index in [1.54, 1.807) is 11.3 Å². The first-order valence-electron chi connectivity index (χ1n) is 6.77. The average Bonchev–Trinajstić information content (AvgIpc) is 3.17. The number of anilines is 1.